The molecule has 2 aromatic rings. The van der Waals surface area contributed by atoms with Crippen LogP contribution in [-0.2, 0) is 17.8 Å². The Labute approximate surface area is 189 Å². The van der Waals surface area contributed by atoms with E-state index in [1.807, 2.05) is 24.3 Å². The minimum absolute atomic E-state index is 0.0821. The molecule has 1 saturated carbocycles. The molecular weight excluding hydrogens is 406 g/mol. The average molecular weight is 440 g/mol. The molecule has 0 unspecified atom stereocenters. The molecule has 0 bridgehead atoms. The molecule has 1 heterocycles. The lowest BCUT2D eigenvalue weighted by molar-refractivity contribution is -0.131. The van der Waals surface area contributed by atoms with Crippen molar-refractivity contribution in [3.63, 3.8) is 0 Å². The van der Waals surface area contributed by atoms with Gasteiger partial charge in [-0.15, -0.1) is 6.58 Å². The van der Waals surface area contributed by atoms with Gasteiger partial charge in [0.15, 0.2) is 11.5 Å². The van der Waals surface area contributed by atoms with Crippen LogP contribution < -0.4 is 10.1 Å². The van der Waals surface area contributed by atoms with Gasteiger partial charge in [-0.3, -0.25) is 9.59 Å². The number of methoxy groups -OCH3 is 1. The molecule has 0 radical (unpaired) electrons. The van der Waals surface area contributed by atoms with Crippen molar-refractivity contribution in [3.05, 3.63) is 60.0 Å². The highest BCUT2D eigenvalue weighted by atomic mass is 16.5. The summed E-state index contributed by atoms with van der Waals surface area (Å²) in [4.78, 5) is 26.8. The van der Waals surface area contributed by atoms with Crippen molar-refractivity contribution in [2.45, 2.75) is 51.5 Å². The zero-order valence-electron chi connectivity index (χ0n) is 18.8. The van der Waals surface area contributed by atoms with Crippen LogP contribution >= 0.6 is 0 Å². The molecule has 2 amide bonds. The van der Waals surface area contributed by atoms with Crippen LogP contribution in [0.25, 0.3) is 0 Å². The first-order valence-corrected chi connectivity index (χ1v) is 11.3. The fourth-order valence-electron chi connectivity index (χ4n) is 4.08. The maximum absolute atomic E-state index is 12.7. The van der Waals surface area contributed by atoms with Gasteiger partial charge in [-0.2, -0.15) is 0 Å². The molecule has 1 aromatic carbocycles. The largest absolute Gasteiger partial charge is 0.497 e. The summed E-state index contributed by atoms with van der Waals surface area (Å²) < 4.78 is 10.5. The molecule has 3 rings (SSSR count). The van der Waals surface area contributed by atoms with Crippen molar-refractivity contribution >= 4 is 11.8 Å². The number of aromatic nitrogens is 1. The van der Waals surface area contributed by atoms with Gasteiger partial charge in [0.1, 0.15) is 5.75 Å². The third kappa shape index (κ3) is 6.97. The van der Waals surface area contributed by atoms with Gasteiger partial charge in [-0.25, -0.2) is 0 Å². The van der Waals surface area contributed by atoms with Crippen molar-refractivity contribution in [3.8, 4) is 5.75 Å². The van der Waals surface area contributed by atoms with Crippen molar-refractivity contribution < 1.29 is 18.8 Å². The number of carbonyl (C=O) groups excluding carboxylic acids is 2. The van der Waals surface area contributed by atoms with E-state index in [0.717, 1.165) is 17.7 Å². The Morgan fingerprint density at radius 3 is 2.72 bits per heavy atom. The Morgan fingerprint density at radius 1 is 1.28 bits per heavy atom. The minimum atomic E-state index is -0.295. The fourth-order valence-corrected chi connectivity index (χ4v) is 4.08. The van der Waals surface area contributed by atoms with Crippen LogP contribution in [0, 0.1) is 5.92 Å². The first-order valence-electron chi connectivity index (χ1n) is 11.3. The van der Waals surface area contributed by atoms with Gasteiger partial charge in [-0.1, -0.05) is 49.0 Å². The highest BCUT2D eigenvalue weighted by molar-refractivity contribution is 5.92. The Hall–Kier alpha value is -3.09. The number of benzene rings is 1. The highest BCUT2D eigenvalue weighted by Gasteiger charge is 2.21. The molecule has 1 fully saturated rings. The maximum Gasteiger partial charge on any atom is 0.273 e. The topological polar surface area (TPSA) is 84.7 Å². The van der Waals surface area contributed by atoms with E-state index in [9.17, 15) is 9.59 Å². The van der Waals surface area contributed by atoms with E-state index in [1.165, 1.54) is 25.7 Å². The van der Waals surface area contributed by atoms with Crippen LogP contribution in [0.2, 0.25) is 0 Å². The third-order valence-corrected chi connectivity index (χ3v) is 5.94. The van der Waals surface area contributed by atoms with Crippen molar-refractivity contribution in [1.29, 1.82) is 0 Å². The normalized spacial score (nSPS) is 13.7. The van der Waals surface area contributed by atoms with Crippen LogP contribution in [0.1, 0.15) is 60.3 Å². The zero-order valence-corrected chi connectivity index (χ0v) is 18.8. The summed E-state index contributed by atoms with van der Waals surface area (Å²) in [5.41, 5.74) is 1.31. The van der Waals surface area contributed by atoms with Gasteiger partial charge in [0.05, 0.1) is 13.7 Å². The standard InChI is InChI=1S/C25H33N3O4/c1-3-16-28(24(29)13-10-19-6-4-5-7-19)18-22-17-23(27-32-22)25(30)26-15-14-20-8-11-21(31-2)12-9-20/h3,8-9,11-12,17,19H,1,4-7,10,13-16,18H2,2H3,(H,26,30). The minimum Gasteiger partial charge on any atom is -0.497 e. The summed E-state index contributed by atoms with van der Waals surface area (Å²) in [6, 6.07) is 9.33. The SMILES string of the molecule is C=CCN(Cc1cc(C(=O)NCCc2ccc(OC)cc2)no1)C(=O)CCC1CCCC1. The predicted octanol–water partition coefficient (Wildman–Crippen LogP) is 4.14. The van der Waals surface area contributed by atoms with E-state index in [0.29, 0.717) is 37.6 Å². The van der Waals surface area contributed by atoms with E-state index < -0.39 is 0 Å². The lowest BCUT2D eigenvalue weighted by Crippen LogP contribution is -2.30. The van der Waals surface area contributed by atoms with E-state index in [2.05, 4.69) is 17.1 Å². The van der Waals surface area contributed by atoms with Crippen molar-refractivity contribution in [2.75, 3.05) is 20.2 Å². The van der Waals surface area contributed by atoms with Crippen LogP contribution in [0.15, 0.2) is 47.5 Å². The maximum atomic E-state index is 12.7. The monoisotopic (exact) mass is 439 g/mol. The van der Waals surface area contributed by atoms with E-state index in [4.69, 9.17) is 9.26 Å². The van der Waals surface area contributed by atoms with Gasteiger partial charge in [0.2, 0.25) is 5.91 Å². The summed E-state index contributed by atoms with van der Waals surface area (Å²) in [7, 11) is 1.63. The van der Waals surface area contributed by atoms with Crippen LogP contribution in [-0.4, -0.2) is 42.1 Å². The average Bonchev–Trinajstić information content (AvgIpc) is 3.50. The highest BCUT2D eigenvalue weighted by Crippen LogP contribution is 2.28. The van der Waals surface area contributed by atoms with Crippen LogP contribution in [0.4, 0.5) is 0 Å². The Kier molecular flexibility index (Phi) is 8.90. The fraction of sp³-hybridized carbons (Fsp3) is 0.480. The Balaban J connectivity index is 1.46. The molecule has 0 saturated heterocycles. The first kappa shape index (κ1) is 23.6. The molecule has 1 N–H and O–H groups in total. The van der Waals surface area contributed by atoms with Crippen LogP contribution in [0.3, 0.4) is 0 Å². The number of amides is 2. The Morgan fingerprint density at radius 2 is 2.03 bits per heavy atom. The first-order chi connectivity index (χ1) is 15.6. The van der Waals surface area contributed by atoms with Gasteiger partial charge in [-0.05, 0) is 36.5 Å². The number of hydrogen-bond donors (Lipinski definition) is 1. The summed E-state index contributed by atoms with van der Waals surface area (Å²) in [5.74, 6) is 1.75. The second kappa shape index (κ2) is 12.1. The lowest BCUT2D eigenvalue weighted by atomic mass is 10.0. The molecule has 7 nitrogen and oxygen atoms in total. The van der Waals surface area contributed by atoms with Gasteiger partial charge >= 0.3 is 0 Å². The third-order valence-electron chi connectivity index (χ3n) is 5.94. The van der Waals surface area contributed by atoms with Crippen molar-refractivity contribution in [1.82, 2.24) is 15.4 Å². The van der Waals surface area contributed by atoms with E-state index in [-0.39, 0.29) is 24.1 Å². The molecule has 7 heteroatoms. The Bertz CT molecular complexity index is 885. The van der Waals surface area contributed by atoms with E-state index >= 15 is 0 Å². The second-order valence-corrected chi connectivity index (χ2v) is 8.28. The number of rotatable bonds is 12. The summed E-state index contributed by atoms with van der Waals surface area (Å²) >= 11 is 0. The summed E-state index contributed by atoms with van der Waals surface area (Å²) in [5, 5.41) is 6.73. The number of nitrogens with one attached hydrogen (secondary N) is 1. The van der Waals surface area contributed by atoms with Gasteiger partial charge in [0.25, 0.3) is 5.91 Å². The number of hydrogen-bond acceptors (Lipinski definition) is 5. The number of carbonyl (C=O) groups is 2. The number of nitrogens with zero attached hydrogens (tertiary/aromatic N) is 2. The molecule has 0 aliphatic heterocycles. The predicted molar refractivity (Wildman–Crippen MR) is 122 cm³/mol. The quantitative estimate of drug-likeness (QED) is 0.503. The van der Waals surface area contributed by atoms with Gasteiger partial charge in [0, 0.05) is 25.6 Å². The molecule has 0 spiro atoms. The zero-order chi connectivity index (χ0) is 22.8. The summed E-state index contributed by atoms with van der Waals surface area (Å²) in [6.07, 6.45) is 8.88. The summed E-state index contributed by atoms with van der Waals surface area (Å²) in [6.45, 7) is 4.95. The molecule has 32 heavy (non-hydrogen) atoms. The second-order valence-electron chi connectivity index (χ2n) is 8.28. The van der Waals surface area contributed by atoms with Gasteiger partial charge < -0.3 is 19.5 Å². The van der Waals surface area contributed by atoms with Crippen LogP contribution in [0.5, 0.6) is 5.75 Å². The molecule has 1 aliphatic carbocycles. The number of ether oxygens (including phenoxy) is 1. The smallest absolute Gasteiger partial charge is 0.273 e. The molecule has 1 aliphatic rings. The van der Waals surface area contributed by atoms with E-state index in [1.54, 1.807) is 24.2 Å². The molecule has 172 valence electrons. The lowest BCUT2D eigenvalue weighted by Gasteiger charge is -2.20. The molecule has 1 aromatic heterocycles. The molecule has 0 atom stereocenters. The van der Waals surface area contributed by atoms with Crippen molar-refractivity contribution in [2.24, 2.45) is 5.92 Å². The molecular formula is C25H33N3O4.